The van der Waals surface area contributed by atoms with Gasteiger partial charge in [0.1, 0.15) is 5.75 Å². The number of hydrogen-bond donors (Lipinski definition) is 1. The molecule has 3 heteroatoms. The molecule has 1 aromatic rings. The van der Waals surface area contributed by atoms with E-state index in [9.17, 15) is 5.11 Å². The predicted octanol–water partition coefficient (Wildman–Crippen LogP) is 3.26. The number of halogens is 1. The fraction of sp³-hybridized carbons (Fsp3) is 0.364. The first kappa shape index (κ1) is 11.1. The number of nitrogens with zero attached hydrogens (tertiary/aromatic N) is 1. The van der Waals surface area contributed by atoms with Gasteiger partial charge in [-0.05, 0) is 38.5 Å². The van der Waals surface area contributed by atoms with Crippen LogP contribution in [0, 0.1) is 18.3 Å². The minimum atomic E-state index is -0.576. The summed E-state index contributed by atoms with van der Waals surface area (Å²) in [5, 5.41) is 18.6. The van der Waals surface area contributed by atoms with Crippen molar-refractivity contribution in [2.45, 2.75) is 26.2 Å². The molecule has 0 aromatic heterocycles. The molecule has 1 rings (SSSR count). The zero-order valence-corrected chi connectivity index (χ0v) is 10.0. The first-order chi connectivity index (χ1) is 6.38. The van der Waals surface area contributed by atoms with Crippen molar-refractivity contribution >= 4 is 15.9 Å². The molecule has 0 radical (unpaired) electrons. The Bertz CT molecular complexity index is 381. The first-order valence-electron chi connectivity index (χ1n) is 4.29. The Kier molecular flexibility index (Phi) is 2.86. The van der Waals surface area contributed by atoms with E-state index in [2.05, 4.69) is 22.0 Å². The molecule has 0 aliphatic rings. The van der Waals surface area contributed by atoms with Gasteiger partial charge in [-0.25, -0.2) is 0 Å². The lowest BCUT2D eigenvalue weighted by Crippen LogP contribution is -2.13. The Morgan fingerprint density at radius 1 is 1.43 bits per heavy atom. The van der Waals surface area contributed by atoms with Gasteiger partial charge in [-0.1, -0.05) is 15.9 Å². The molecule has 2 nitrogen and oxygen atoms in total. The number of rotatable bonds is 1. The molecular formula is C11H12BrNO. The van der Waals surface area contributed by atoms with Crippen LogP contribution in [0.5, 0.6) is 5.75 Å². The number of aromatic hydroxyl groups is 1. The molecule has 0 fully saturated rings. The molecule has 0 bridgehead atoms. The van der Waals surface area contributed by atoms with E-state index in [4.69, 9.17) is 5.26 Å². The van der Waals surface area contributed by atoms with Crippen molar-refractivity contribution in [2.24, 2.45) is 0 Å². The van der Waals surface area contributed by atoms with Gasteiger partial charge in [-0.2, -0.15) is 5.26 Å². The Morgan fingerprint density at radius 3 is 2.43 bits per heavy atom. The third-order valence-corrected chi connectivity index (χ3v) is 3.14. The van der Waals surface area contributed by atoms with Gasteiger partial charge >= 0.3 is 0 Å². The Hall–Kier alpha value is -1.01. The fourth-order valence-electron chi connectivity index (χ4n) is 1.09. The summed E-state index contributed by atoms with van der Waals surface area (Å²) in [6.07, 6.45) is 0. The van der Waals surface area contributed by atoms with Crippen LogP contribution in [0.4, 0.5) is 0 Å². The second-order valence-electron chi connectivity index (χ2n) is 3.84. The minimum absolute atomic E-state index is 0.220. The summed E-state index contributed by atoms with van der Waals surface area (Å²) in [6.45, 7) is 5.47. The van der Waals surface area contributed by atoms with Crippen molar-refractivity contribution in [1.82, 2.24) is 0 Å². The number of benzene rings is 1. The van der Waals surface area contributed by atoms with Crippen LogP contribution in [0.15, 0.2) is 16.6 Å². The average Bonchev–Trinajstić information content (AvgIpc) is 2.13. The van der Waals surface area contributed by atoms with Gasteiger partial charge in [0.15, 0.2) is 0 Å². The normalized spacial score (nSPS) is 11.1. The van der Waals surface area contributed by atoms with Gasteiger partial charge in [-0.15, -0.1) is 0 Å². The van der Waals surface area contributed by atoms with Crippen molar-refractivity contribution in [3.8, 4) is 11.8 Å². The second kappa shape index (κ2) is 3.62. The maximum Gasteiger partial charge on any atom is 0.119 e. The van der Waals surface area contributed by atoms with Crippen LogP contribution in [-0.2, 0) is 5.41 Å². The minimum Gasteiger partial charge on any atom is -0.508 e. The van der Waals surface area contributed by atoms with Crippen LogP contribution < -0.4 is 0 Å². The zero-order valence-electron chi connectivity index (χ0n) is 8.43. The van der Waals surface area contributed by atoms with Crippen molar-refractivity contribution in [3.05, 3.63) is 27.7 Å². The molecule has 74 valence electrons. The highest BCUT2D eigenvalue weighted by Crippen LogP contribution is 2.32. The van der Waals surface area contributed by atoms with Crippen LogP contribution in [0.25, 0.3) is 0 Å². The topological polar surface area (TPSA) is 44.0 Å². The van der Waals surface area contributed by atoms with Crippen LogP contribution in [0.1, 0.15) is 25.0 Å². The molecule has 14 heavy (non-hydrogen) atoms. The van der Waals surface area contributed by atoms with E-state index in [1.54, 1.807) is 6.07 Å². The van der Waals surface area contributed by atoms with Gasteiger partial charge in [0.2, 0.25) is 0 Å². The summed E-state index contributed by atoms with van der Waals surface area (Å²) in [4.78, 5) is 0. The molecule has 0 aliphatic carbocycles. The van der Waals surface area contributed by atoms with Crippen molar-refractivity contribution in [2.75, 3.05) is 0 Å². The van der Waals surface area contributed by atoms with Crippen molar-refractivity contribution in [1.29, 1.82) is 5.26 Å². The summed E-state index contributed by atoms with van der Waals surface area (Å²) in [5.41, 5.74) is 1.03. The second-order valence-corrected chi connectivity index (χ2v) is 4.69. The number of phenolic OH excluding ortho intramolecular Hbond substituents is 1. The summed E-state index contributed by atoms with van der Waals surface area (Å²) in [6, 6.07) is 5.72. The molecule has 1 aromatic carbocycles. The van der Waals surface area contributed by atoms with Crippen LogP contribution >= 0.6 is 15.9 Å². The van der Waals surface area contributed by atoms with Gasteiger partial charge < -0.3 is 5.11 Å². The van der Waals surface area contributed by atoms with Crippen LogP contribution in [0.2, 0.25) is 0 Å². The molecule has 0 heterocycles. The highest BCUT2D eigenvalue weighted by atomic mass is 79.9. The van der Waals surface area contributed by atoms with E-state index in [-0.39, 0.29) is 5.75 Å². The highest BCUT2D eigenvalue weighted by molar-refractivity contribution is 9.10. The molecule has 0 aliphatic heterocycles. The number of phenols is 1. The lowest BCUT2D eigenvalue weighted by atomic mass is 9.86. The van der Waals surface area contributed by atoms with Gasteiger partial charge in [-0.3, -0.25) is 0 Å². The van der Waals surface area contributed by atoms with E-state index in [0.29, 0.717) is 0 Å². The van der Waals surface area contributed by atoms with Gasteiger partial charge in [0.25, 0.3) is 0 Å². The van der Waals surface area contributed by atoms with E-state index in [1.807, 2.05) is 26.8 Å². The summed E-state index contributed by atoms with van der Waals surface area (Å²) in [7, 11) is 0. The third kappa shape index (κ3) is 1.91. The third-order valence-electron chi connectivity index (χ3n) is 2.32. The van der Waals surface area contributed by atoms with E-state index in [0.717, 1.165) is 15.6 Å². The largest absolute Gasteiger partial charge is 0.508 e. The standard InChI is InChI=1S/C11H12BrNO/c1-7-9(12)4-8(5-10(7)14)11(2,3)6-13/h4-5,14H,1-3H3. The van der Waals surface area contributed by atoms with E-state index < -0.39 is 5.41 Å². The maximum atomic E-state index is 9.60. The maximum absolute atomic E-state index is 9.60. The molecule has 0 saturated carbocycles. The van der Waals surface area contributed by atoms with E-state index >= 15 is 0 Å². The van der Waals surface area contributed by atoms with Gasteiger partial charge in [0, 0.05) is 10.0 Å². The molecule has 0 spiro atoms. The quantitative estimate of drug-likeness (QED) is 0.835. The molecule has 0 atom stereocenters. The molecule has 0 amide bonds. The monoisotopic (exact) mass is 253 g/mol. The smallest absolute Gasteiger partial charge is 0.119 e. The van der Waals surface area contributed by atoms with Crippen molar-refractivity contribution < 1.29 is 5.11 Å². The molecule has 0 unspecified atom stereocenters. The summed E-state index contributed by atoms with van der Waals surface area (Å²) >= 11 is 3.35. The zero-order chi connectivity index (χ0) is 10.9. The van der Waals surface area contributed by atoms with Crippen molar-refractivity contribution in [3.63, 3.8) is 0 Å². The predicted molar refractivity (Wildman–Crippen MR) is 59.2 cm³/mol. The molecule has 1 N–H and O–H groups in total. The Balaban J connectivity index is 3.35. The average molecular weight is 254 g/mol. The lowest BCUT2D eigenvalue weighted by Gasteiger charge is -2.17. The molecular weight excluding hydrogens is 242 g/mol. The fourth-order valence-corrected chi connectivity index (χ4v) is 1.54. The Labute approximate surface area is 92.3 Å². The lowest BCUT2D eigenvalue weighted by molar-refractivity contribution is 0.468. The van der Waals surface area contributed by atoms with Crippen LogP contribution in [0.3, 0.4) is 0 Å². The highest BCUT2D eigenvalue weighted by Gasteiger charge is 2.21. The first-order valence-corrected chi connectivity index (χ1v) is 5.08. The Morgan fingerprint density at radius 2 is 2.00 bits per heavy atom. The SMILES string of the molecule is Cc1c(O)cc(C(C)(C)C#N)cc1Br. The van der Waals surface area contributed by atoms with E-state index in [1.165, 1.54) is 0 Å². The van der Waals surface area contributed by atoms with Gasteiger partial charge in [0.05, 0.1) is 11.5 Å². The number of nitriles is 1. The van der Waals surface area contributed by atoms with Crippen LogP contribution in [-0.4, -0.2) is 5.11 Å². The number of hydrogen-bond acceptors (Lipinski definition) is 2. The molecule has 0 saturated heterocycles. The summed E-state index contributed by atoms with van der Waals surface area (Å²) < 4.78 is 0.829. The summed E-state index contributed by atoms with van der Waals surface area (Å²) in [5.74, 6) is 0.220.